The van der Waals surface area contributed by atoms with Crippen LogP contribution >= 0.6 is 0 Å². The van der Waals surface area contributed by atoms with Gasteiger partial charge in [-0.1, -0.05) is 0 Å². The van der Waals surface area contributed by atoms with E-state index in [9.17, 15) is 9.18 Å². The molecule has 5 heteroatoms. The number of ketones is 1. The third-order valence-electron chi connectivity index (χ3n) is 1.23. The Hall–Kier alpha value is -1.83. The van der Waals surface area contributed by atoms with Crippen molar-refractivity contribution in [1.29, 1.82) is 5.26 Å². The second-order valence-corrected chi connectivity index (χ2v) is 2.05. The molecular formula is C7H4FN3O. The molecule has 1 aromatic heterocycles. The Kier molecular flexibility index (Phi) is 2.10. The zero-order chi connectivity index (χ0) is 9.14. The summed E-state index contributed by atoms with van der Waals surface area (Å²) < 4.78 is 13.0. The molecule has 1 heterocycles. The van der Waals surface area contributed by atoms with Crippen LogP contribution in [0.4, 0.5) is 4.39 Å². The highest BCUT2D eigenvalue weighted by atomic mass is 19.1. The second kappa shape index (κ2) is 3.05. The monoisotopic (exact) mass is 165 g/mol. The zero-order valence-electron chi connectivity index (χ0n) is 6.21. The van der Waals surface area contributed by atoms with E-state index < -0.39 is 17.3 Å². The van der Waals surface area contributed by atoms with Gasteiger partial charge >= 0.3 is 0 Å². The van der Waals surface area contributed by atoms with Crippen LogP contribution in [0.25, 0.3) is 0 Å². The number of hydrogen-bond acceptors (Lipinski definition) is 4. The summed E-state index contributed by atoms with van der Waals surface area (Å²) in [6.45, 7) is 1.17. The summed E-state index contributed by atoms with van der Waals surface area (Å²) in [5.41, 5.74) is -0.753. The van der Waals surface area contributed by atoms with E-state index in [1.54, 1.807) is 0 Å². The molecule has 0 unspecified atom stereocenters. The normalized spacial score (nSPS) is 9.08. The summed E-state index contributed by atoms with van der Waals surface area (Å²) >= 11 is 0. The van der Waals surface area contributed by atoms with Crippen molar-refractivity contribution in [1.82, 2.24) is 9.97 Å². The molecule has 0 radical (unpaired) electrons. The van der Waals surface area contributed by atoms with Crippen LogP contribution in [0.5, 0.6) is 0 Å². The second-order valence-electron chi connectivity index (χ2n) is 2.05. The highest BCUT2D eigenvalue weighted by Gasteiger charge is 2.13. The van der Waals surface area contributed by atoms with Crippen molar-refractivity contribution >= 4 is 5.78 Å². The molecule has 0 aromatic carbocycles. The highest BCUT2D eigenvalue weighted by molar-refractivity contribution is 5.92. The molecule has 1 aromatic rings. The summed E-state index contributed by atoms with van der Waals surface area (Å²) in [6.07, 6.45) is 0.984. The van der Waals surface area contributed by atoms with Gasteiger partial charge in [0.2, 0.25) is 0 Å². The smallest absolute Gasteiger partial charge is 0.188 e. The number of rotatable bonds is 1. The molecule has 0 bridgehead atoms. The van der Waals surface area contributed by atoms with Crippen LogP contribution in [0.1, 0.15) is 23.1 Å². The van der Waals surface area contributed by atoms with Crippen molar-refractivity contribution in [2.24, 2.45) is 0 Å². The fourth-order valence-electron chi connectivity index (χ4n) is 0.693. The number of nitrogens with zero attached hydrogens (tertiary/aromatic N) is 3. The minimum absolute atomic E-state index is 0.346. The number of carbonyl (C=O) groups is 1. The molecule has 0 aliphatic rings. The molecule has 0 atom stereocenters. The average molecular weight is 165 g/mol. The first-order valence-corrected chi connectivity index (χ1v) is 3.08. The Morgan fingerprint density at radius 3 is 2.83 bits per heavy atom. The van der Waals surface area contributed by atoms with Crippen molar-refractivity contribution < 1.29 is 9.18 Å². The van der Waals surface area contributed by atoms with E-state index in [-0.39, 0.29) is 5.69 Å². The van der Waals surface area contributed by atoms with Crippen LogP contribution in [0.3, 0.4) is 0 Å². The standard InChI is InChI=1S/C7H4FN3O/c1-4(12)7-6(8)5(2-9)10-3-11-7/h3H,1H3. The lowest BCUT2D eigenvalue weighted by molar-refractivity contribution is 0.100. The van der Waals surface area contributed by atoms with E-state index in [0.717, 1.165) is 6.33 Å². The lowest BCUT2D eigenvalue weighted by Crippen LogP contribution is -2.04. The number of Topliss-reactive ketones (excluding diaryl/α,β-unsaturated/α-hetero) is 1. The molecule has 12 heavy (non-hydrogen) atoms. The van der Waals surface area contributed by atoms with Crippen LogP contribution < -0.4 is 0 Å². The summed E-state index contributed by atoms with van der Waals surface area (Å²) in [5, 5.41) is 8.33. The quantitative estimate of drug-likeness (QED) is 0.574. The third-order valence-corrected chi connectivity index (χ3v) is 1.23. The number of carbonyl (C=O) groups excluding carboxylic acids is 1. The first-order valence-electron chi connectivity index (χ1n) is 3.08. The van der Waals surface area contributed by atoms with Crippen LogP contribution in [0.15, 0.2) is 6.33 Å². The van der Waals surface area contributed by atoms with Gasteiger partial charge < -0.3 is 0 Å². The molecule has 0 N–H and O–H groups in total. The van der Waals surface area contributed by atoms with Crippen molar-refractivity contribution in [3.8, 4) is 6.07 Å². The molecule has 4 nitrogen and oxygen atoms in total. The molecule has 0 fully saturated rings. The van der Waals surface area contributed by atoms with E-state index in [4.69, 9.17) is 5.26 Å². The number of hydrogen-bond donors (Lipinski definition) is 0. The average Bonchev–Trinajstić information content (AvgIpc) is 2.04. The van der Waals surface area contributed by atoms with E-state index in [0.29, 0.717) is 0 Å². The molecule has 0 aliphatic carbocycles. The first kappa shape index (κ1) is 8.27. The molecule has 0 aliphatic heterocycles. The van der Waals surface area contributed by atoms with E-state index in [2.05, 4.69) is 9.97 Å². The Bertz CT molecular complexity index is 369. The fraction of sp³-hybridized carbons (Fsp3) is 0.143. The van der Waals surface area contributed by atoms with Gasteiger partial charge in [0.05, 0.1) is 0 Å². The predicted octanol–water partition coefficient (Wildman–Crippen LogP) is 0.690. The highest BCUT2D eigenvalue weighted by Crippen LogP contribution is 2.06. The maximum atomic E-state index is 13.0. The largest absolute Gasteiger partial charge is 0.293 e. The summed E-state index contributed by atoms with van der Waals surface area (Å²) in [4.78, 5) is 17.4. The van der Waals surface area contributed by atoms with Gasteiger partial charge in [-0.2, -0.15) is 5.26 Å². The molecule has 0 amide bonds. The molecule has 0 spiro atoms. The van der Waals surface area contributed by atoms with Crippen molar-refractivity contribution in [2.45, 2.75) is 6.92 Å². The number of halogens is 1. The summed E-state index contributed by atoms with van der Waals surface area (Å²) in [5.74, 6) is -1.47. The van der Waals surface area contributed by atoms with Gasteiger partial charge in [-0.3, -0.25) is 4.79 Å². The van der Waals surface area contributed by atoms with Crippen LogP contribution in [0.2, 0.25) is 0 Å². The van der Waals surface area contributed by atoms with Gasteiger partial charge in [-0.25, -0.2) is 14.4 Å². The van der Waals surface area contributed by atoms with Crippen molar-refractivity contribution in [2.75, 3.05) is 0 Å². The maximum Gasteiger partial charge on any atom is 0.188 e. The van der Waals surface area contributed by atoms with Gasteiger partial charge in [0, 0.05) is 6.92 Å². The van der Waals surface area contributed by atoms with E-state index >= 15 is 0 Å². The SMILES string of the molecule is CC(=O)c1ncnc(C#N)c1F. The van der Waals surface area contributed by atoms with Gasteiger partial charge in [0.25, 0.3) is 0 Å². The van der Waals surface area contributed by atoms with Gasteiger partial charge in [-0.05, 0) is 0 Å². The summed E-state index contributed by atoms with van der Waals surface area (Å²) in [6, 6.07) is 1.51. The van der Waals surface area contributed by atoms with Crippen LogP contribution in [0, 0.1) is 17.1 Å². The Labute approximate surface area is 67.7 Å². The third kappa shape index (κ3) is 1.27. The zero-order valence-corrected chi connectivity index (χ0v) is 6.21. The van der Waals surface area contributed by atoms with Crippen molar-refractivity contribution in [3.63, 3.8) is 0 Å². The maximum absolute atomic E-state index is 13.0. The number of aromatic nitrogens is 2. The number of nitriles is 1. The van der Waals surface area contributed by atoms with Gasteiger partial charge in [0.15, 0.2) is 17.3 Å². The molecule has 0 saturated heterocycles. The Balaban J connectivity index is 3.35. The van der Waals surface area contributed by atoms with Crippen LogP contribution in [-0.4, -0.2) is 15.8 Å². The van der Waals surface area contributed by atoms with Gasteiger partial charge in [0.1, 0.15) is 18.1 Å². The predicted molar refractivity (Wildman–Crippen MR) is 36.7 cm³/mol. The minimum atomic E-state index is -0.951. The Morgan fingerprint density at radius 1 is 1.67 bits per heavy atom. The molecule has 0 saturated carbocycles. The lowest BCUT2D eigenvalue weighted by atomic mass is 10.2. The van der Waals surface area contributed by atoms with E-state index in [1.807, 2.05) is 0 Å². The van der Waals surface area contributed by atoms with Crippen LogP contribution in [-0.2, 0) is 0 Å². The first-order chi connectivity index (χ1) is 5.66. The van der Waals surface area contributed by atoms with E-state index in [1.165, 1.54) is 13.0 Å². The molecular weight excluding hydrogens is 161 g/mol. The van der Waals surface area contributed by atoms with Gasteiger partial charge in [-0.15, -0.1) is 0 Å². The topological polar surface area (TPSA) is 66.6 Å². The molecule has 60 valence electrons. The van der Waals surface area contributed by atoms with Crippen molar-refractivity contribution in [3.05, 3.63) is 23.5 Å². The minimum Gasteiger partial charge on any atom is -0.293 e. The lowest BCUT2D eigenvalue weighted by Gasteiger charge is -1.95. The summed E-state index contributed by atoms with van der Waals surface area (Å²) in [7, 11) is 0. The molecule has 1 rings (SSSR count). The fourth-order valence-corrected chi connectivity index (χ4v) is 0.693. The Morgan fingerprint density at radius 2 is 2.33 bits per heavy atom.